The monoisotopic (exact) mass is 379 g/mol. The molecule has 20 heavy (non-hydrogen) atoms. The fourth-order valence-electron chi connectivity index (χ4n) is 1.46. The van der Waals surface area contributed by atoms with E-state index in [1.54, 1.807) is 6.92 Å². The molecule has 0 spiro atoms. The molecule has 3 N–H and O–H groups in total. The number of nitrogens with one attached hydrogen (secondary N) is 1. The first-order valence-corrected chi connectivity index (χ1v) is 8.51. The van der Waals surface area contributed by atoms with Gasteiger partial charge in [-0.1, -0.05) is 0 Å². The van der Waals surface area contributed by atoms with Crippen molar-refractivity contribution in [2.45, 2.75) is 18.7 Å². The van der Waals surface area contributed by atoms with E-state index in [0.717, 1.165) is 22.7 Å². The molecular formula is C11H11BrFN3O2S2. The molecule has 0 fully saturated rings. The number of thiazole rings is 1. The number of halogens is 2. The molecule has 108 valence electrons. The molecule has 9 heteroatoms. The van der Waals surface area contributed by atoms with E-state index in [1.807, 2.05) is 6.92 Å². The van der Waals surface area contributed by atoms with Gasteiger partial charge in [-0.25, -0.2) is 17.8 Å². The maximum Gasteiger partial charge on any atom is 0.265 e. The van der Waals surface area contributed by atoms with Crippen molar-refractivity contribution in [3.05, 3.63) is 33.0 Å². The third kappa shape index (κ3) is 2.94. The minimum absolute atomic E-state index is 0.0265. The van der Waals surface area contributed by atoms with Crippen molar-refractivity contribution in [1.82, 2.24) is 4.98 Å². The van der Waals surface area contributed by atoms with E-state index in [9.17, 15) is 12.8 Å². The molecular weight excluding hydrogens is 369 g/mol. The number of sulfonamides is 1. The van der Waals surface area contributed by atoms with Gasteiger partial charge in [-0.15, -0.1) is 11.3 Å². The molecule has 1 aromatic carbocycles. The summed E-state index contributed by atoms with van der Waals surface area (Å²) in [5, 5.41) is 0.250. The van der Waals surface area contributed by atoms with E-state index in [1.165, 1.54) is 11.3 Å². The fourth-order valence-corrected chi connectivity index (χ4v) is 4.15. The molecule has 0 aliphatic rings. The van der Waals surface area contributed by atoms with Gasteiger partial charge in [0.15, 0.2) is 5.13 Å². The van der Waals surface area contributed by atoms with Crippen molar-refractivity contribution in [2.24, 2.45) is 0 Å². The van der Waals surface area contributed by atoms with Gasteiger partial charge in [0.25, 0.3) is 10.0 Å². The molecule has 0 bridgehead atoms. The quantitative estimate of drug-likeness (QED) is 0.802. The van der Waals surface area contributed by atoms with E-state index in [4.69, 9.17) is 5.73 Å². The summed E-state index contributed by atoms with van der Waals surface area (Å²) in [6.07, 6.45) is 0. The van der Waals surface area contributed by atoms with Crippen LogP contribution in [0.4, 0.5) is 15.2 Å². The van der Waals surface area contributed by atoms with Crippen LogP contribution in [-0.4, -0.2) is 13.4 Å². The highest BCUT2D eigenvalue weighted by Crippen LogP contribution is 2.29. The highest BCUT2D eigenvalue weighted by atomic mass is 79.9. The lowest BCUT2D eigenvalue weighted by Crippen LogP contribution is -2.15. The SMILES string of the molecule is Cc1nc(NS(=O)(=O)c2cc(Br)c(F)cc2N)sc1C. The third-order valence-corrected chi connectivity index (χ3v) is 5.71. The van der Waals surface area contributed by atoms with Crippen LogP contribution in [0.1, 0.15) is 10.6 Å². The Labute approximate surface area is 128 Å². The summed E-state index contributed by atoms with van der Waals surface area (Å²) in [6.45, 7) is 3.63. The number of nitrogens with zero attached hydrogens (tertiary/aromatic N) is 1. The van der Waals surface area contributed by atoms with Crippen molar-refractivity contribution < 1.29 is 12.8 Å². The van der Waals surface area contributed by atoms with Gasteiger partial charge >= 0.3 is 0 Å². The van der Waals surface area contributed by atoms with E-state index in [2.05, 4.69) is 25.6 Å². The minimum atomic E-state index is -3.91. The lowest BCUT2D eigenvalue weighted by atomic mass is 10.3. The number of benzene rings is 1. The Kier molecular flexibility index (Phi) is 4.03. The van der Waals surface area contributed by atoms with Crippen LogP contribution in [0.2, 0.25) is 0 Å². The van der Waals surface area contributed by atoms with E-state index >= 15 is 0 Å². The predicted octanol–water partition coefficient (Wildman–Crippen LogP) is 3.04. The molecule has 0 aliphatic carbocycles. The Bertz CT molecular complexity index is 755. The van der Waals surface area contributed by atoms with Crippen LogP contribution in [0.15, 0.2) is 21.5 Å². The van der Waals surface area contributed by atoms with E-state index < -0.39 is 15.8 Å². The predicted molar refractivity (Wildman–Crippen MR) is 80.9 cm³/mol. The molecule has 0 amide bonds. The Balaban J connectivity index is 2.43. The van der Waals surface area contributed by atoms with Gasteiger partial charge in [-0.2, -0.15) is 0 Å². The van der Waals surface area contributed by atoms with Crippen molar-refractivity contribution >= 4 is 48.1 Å². The molecule has 0 aliphatic heterocycles. The largest absolute Gasteiger partial charge is 0.398 e. The van der Waals surface area contributed by atoms with Crippen LogP contribution >= 0.6 is 27.3 Å². The Morgan fingerprint density at radius 3 is 2.60 bits per heavy atom. The second-order valence-electron chi connectivity index (χ2n) is 4.07. The molecule has 0 saturated carbocycles. The van der Waals surface area contributed by atoms with Crippen LogP contribution < -0.4 is 10.5 Å². The average molecular weight is 380 g/mol. The second kappa shape index (κ2) is 5.30. The van der Waals surface area contributed by atoms with Gasteiger partial charge in [0.2, 0.25) is 0 Å². The number of aryl methyl sites for hydroxylation is 2. The van der Waals surface area contributed by atoms with Gasteiger partial charge in [0, 0.05) is 4.88 Å². The molecule has 2 rings (SSSR count). The van der Waals surface area contributed by atoms with Gasteiger partial charge in [0.05, 0.1) is 15.9 Å². The zero-order valence-corrected chi connectivity index (χ0v) is 13.8. The van der Waals surface area contributed by atoms with Gasteiger partial charge in [-0.05, 0) is 41.9 Å². The number of nitrogens with two attached hydrogens (primary N) is 1. The number of nitrogen functional groups attached to an aromatic ring is 1. The van der Waals surface area contributed by atoms with Gasteiger partial charge < -0.3 is 5.73 Å². The van der Waals surface area contributed by atoms with Crippen LogP contribution in [0.25, 0.3) is 0 Å². The van der Waals surface area contributed by atoms with Crippen molar-refractivity contribution in [1.29, 1.82) is 0 Å². The van der Waals surface area contributed by atoms with E-state index in [-0.39, 0.29) is 20.2 Å². The fraction of sp³-hybridized carbons (Fsp3) is 0.182. The maximum absolute atomic E-state index is 13.3. The Morgan fingerprint density at radius 2 is 2.05 bits per heavy atom. The summed E-state index contributed by atoms with van der Waals surface area (Å²) in [5.41, 5.74) is 6.16. The first-order chi connectivity index (χ1) is 9.20. The van der Waals surface area contributed by atoms with Crippen LogP contribution in [-0.2, 0) is 10.0 Å². The lowest BCUT2D eigenvalue weighted by molar-refractivity contribution is 0.599. The second-order valence-corrected chi connectivity index (χ2v) is 7.78. The summed E-state index contributed by atoms with van der Waals surface area (Å²) < 4.78 is 40.1. The first-order valence-electron chi connectivity index (χ1n) is 5.42. The number of hydrogen-bond donors (Lipinski definition) is 2. The van der Waals surface area contributed by atoms with E-state index in [0.29, 0.717) is 0 Å². The van der Waals surface area contributed by atoms with Gasteiger partial charge in [0.1, 0.15) is 10.7 Å². The average Bonchev–Trinajstić information content (AvgIpc) is 2.61. The molecule has 2 aromatic rings. The number of rotatable bonds is 3. The van der Waals surface area contributed by atoms with Crippen LogP contribution in [0.3, 0.4) is 0 Å². The highest BCUT2D eigenvalue weighted by Gasteiger charge is 2.21. The Hall–Kier alpha value is -1.19. The lowest BCUT2D eigenvalue weighted by Gasteiger charge is -2.09. The summed E-state index contributed by atoms with van der Waals surface area (Å²) in [7, 11) is -3.91. The highest BCUT2D eigenvalue weighted by molar-refractivity contribution is 9.10. The minimum Gasteiger partial charge on any atom is -0.398 e. The smallest absolute Gasteiger partial charge is 0.265 e. The zero-order valence-electron chi connectivity index (χ0n) is 10.6. The van der Waals surface area contributed by atoms with Crippen molar-refractivity contribution in [3.63, 3.8) is 0 Å². The van der Waals surface area contributed by atoms with Crippen molar-refractivity contribution in [3.8, 4) is 0 Å². The van der Waals surface area contributed by atoms with Crippen LogP contribution in [0, 0.1) is 19.7 Å². The molecule has 0 atom stereocenters. The third-order valence-electron chi connectivity index (χ3n) is 2.59. The standard InChI is InChI=1S/C11H11BrFN3O2S2/c1-5-6(2)19-11(15-5)16-20(17,18)10-3-7(12)8(13)4-9(10)14/h3-4H,14H2,1-2H3,(H,15,16). The molecule has 1 heterocycles. The number of hydrogen-bond acceptors (Lipinski definition) is 5. The summed E-state index contributed by atoms with van der Waals surface area (Å²) >= 11 is 4.16. The topological polar surface area (TPSA) is 85.1 Å². The zero-order chi connectivity index (χ0) is 15.1. The van der Waals surface area contributed by atoms with Crippen molar-refractivity contribution in [2.75, 3.05) is 10.5 Å². The first kappa shape index (κ1) is 15.2. The number of aromatic nitrogens is 1. The summed E-state index contributed by atoms with van der Waals surface area (Å²) in [4.78, 5) is 4.81. The molecule has 0 saturated heterocycles. The molecule has 0 unspecified atom stereocenters. The normalized spacial score (nSPS) is 11.6. The maximum atomic E-state index is 13.3. The van der Waals surface area contributed by atoms with Crippen LogP contribution in [0.5, 0.6) is 0 Å². The molecule has 5 nitrogen and oxygen atoms in total. The number of anilines is 2. The summed E-state index contributed by atoms with van der Waals surface area (Å²) in [6, 6.07) is 2.08. The van der Waals surface area contributed by atoms with Gasteiger partial charge in [-0.3, -0.25) is 4.72 Å². The summed E-state index contributed by atoms with van der Waals surface area (Å²) in [5.74, 6) is -0.623. The Morgan fingerprint density at radius 1 is 1.40 bits per heavy atom. The molecule has 0 radical (unpaired) electrons. The molecule has 1 aromatic heterocycles.